The monoisotopic (exact) mass is 399 g/mol. The van der Waals surface area contributed by atoms with E-state index in [1.54, 1.807) is 9.80 Å². The van der Waals surface area contributed by atoms with Gasteiger partial charge in [0, 0.05) is 36.8 Å². The number of nitrogens with one attached hydrogen (secondary N) is 1. The molecule has 1 aliphatic heterocycles. The molecule has 1 fully saturated rings. The standard InChI is InChI=1S/C21H29N5O3/c1-14-6-8-16(9-7-14)19-22-17(24-29-19)12-18(27)25-10-11-26(15(2)13-25)20(28)23-21(3,4)5/h6-9,15H,10-13H2,1-5H3,(H,23,28). The van der Waals surface area contributed by atoms with Crippen molar-refractivity contribution in [3.8, 4) is 11.5 Å². The molecular weight excluding hydrogens is 370 g/mol. The van der Waals surface area contributed by atoms with Crippen LogP contribution in [0.2, 0.25) is 0 Å². The summed E-state index contributed by atoms with van der Waals surface area (Å²) in [5.41, 5.74) is 1.68. The molecule has 1 aromatic carbocycles. The number of carbonyl (C=O) groups excluding carboxylic acids is 2. The summed E-state index contributed by atoms with van der Waals surface area (Å²) in [5, 5.41) is 6.92. The van der Waals surface area contributed by atoms with Gasteiger partial charge in [0.1, 0.15) is 0 Å². The smallest absolute Gasteiger partial charge is 0.318 e. The third kappa shape index (κ3) is 5.34. The highest BCUT2D eigenvalue weighted by Crippen LogP contribution is 2.18. The highest BCUT2D eigenvalue weighted by Gasteiger charge is 2.31. The molecule has 1 aliphatic rings. The largest absolute Gasteiger partial charge is 0.338 e. The summed E-state index contributed by atoms with van der Waals surface area (Å²) in [6.45, 7) is 11.3. The Morgan fingerprint density at radius 1 is 1.21 bits per heavy atom. The SMILES string of the molecule is Cc1ccc(-c2nc(CC(=O)N3CCN(C(=O)NC(C)(C)C)C(C)C3)no2)cc1. The first-order chi connectivity index (χ1) is 13.6. The summed E-state index contributed by atoms with van der Waals surface area (Å²) in [4.78, 5) is 33.0. The Morgan fingerprint density at radius 2 is 1.90 bits per heavy atom. The van der Waals surface area contributed by atoms with E-state index in [-0.39, 0.29) is 29.9 Å². The van der Waals surface area contributed by atoms with Crippen molar-refractivity contribution in [2.24, 2.45) is 0 Å². The number of aryl methyl sites for hydroxylation is 1. The molecule has 8 heteroatoms. The van der Waals surface area contributed by atoms with Crippen LogP contribution < -0.4 is 5.32 Å². The molecule has 156 valence electrons. The van der Waals surface area contributed by atoms with Gasteiger partial charge in [-0.25, -0.2) is 4.79 Å². The summed E-state index contributed by atoms with van der Waals surface area (Å²) in [6.07, 6.45) is 0.0796. The number of rotatable bonds is 3. The van der Waals surface area contributed by atoms with E-state index in [1.807, 2.05) is 58.9 Å². The van der Waals surface area contributed by atoms with E-state index in [1.165, 1.54) is 0 Å². The molecule has 2 aromatic rings. The Kier molecular flexibility index (Phi) is 5.91. The van der Waals surface area contributed by atoms with Crippen molar-refractivity contribution < 1.29 is 14.1 Å². The lowest BCUT2D eigenvalue weighted by molar-refractivity contribution is -0.133. The van der Waals surface area contributed by atoms with Crippen LogP contribution in [0.25, 0.3) is 11.5 Å². The van der Waals surface area contributed by atoms with E-state index >= 15 is 0 Å². The van der Waals surface area contributed by atoms with E-state index in [2.05, 4.69) is 15.5 Å². The van der Waals surface area contributed by atoms with Crippen molar-refractivity contribution in [1.29, 1.82) is 0 Å². The number of benzene rings is 1. The first-order valence-corrected chi connectivity index (χ1v) is 9.88. The zero-order valence-corrected chi connectivity index (χ0v) is 17.7. The van der Waals surface area contributed by atoms with Crippen molar-refractivity contribution >= 4 is 11.9 Å². The molecule has 0 radical (unpaired) electrons. The van der Waals surface area contributed by atoms with Crippen LogP contribution in [0.15, 0.2) is 28.8 Å². The molecule has 1 N–H and O–H groups in total. The van der Waals surface area contributed by atoms with Crippen molar-refractivity contribution in [3.05, 3.63) is 35.7 Å². The van der Waals surface area contributed by atoms with Gasteiger partial charge in [0.15, 0.2) is 5.82 Å². The number of piperazine rings is 1. The van der Waals surface area contributed by atoms with Crippen LogP contribution in [0.1, 0.15) is 39.1 Å². The van der Waals surface area contributed by atoms with Crippen molar-refractivity contribution in [2.45, 2.75) is 52.6 Å². The molecule has 29 heavy (non-hydrogen) atoms. The predicted molar refractivity (Wildman–Crippen MR) is 109 cm³/mol. The van der Waals surface area contributed by atoms with Crippen LogP contribution in [0, 0.1) is 6.92 Å². The van der Waals surface area contributed by atoms with Crippen LogP contribution in [0.4, 0.5) is 4.79 Å². The van der Waals surface area contributed by atoms with Gasteiger partial charge in [-0.3, -0.25) is 4.79 Å². The highest BCUT2D eigenvalue weighted by molar-refractivity contribution is 5.79. The van der Waals surface area contributed by atoms with Gasteiger partial charge in [0.05, 0.1) is 6.42 Å². The predicted octanol–water partition coefficient (Wildman–Crippen LogP) is 2.63. The van der Waals surface area contributed by atoms with Crippen molar-refractivity contribution in [1.82, 2.24) is 25.3 Å². The number of carbonyl (C=O) groups is 2. The average molecular weight is 399 g/mol. The van der Waals surface area contributed by atoms with Crippen molar-refractivity contribution in [3.63, 3.8) is 0 Å². The Bertz CT molecular complexity index is 869. The molecule has 8 nitrogen and oxygen atoms in total. The molecule has 3 rings (SSSR count). The van der Waals surface area contributed by atoms with Gasteiger partial charge in [-0.2, -0.15) is 4.98 Å². The number of amides is 3. The maximum absolute atomic E-state index is 12.7. The number of nitrogens with zero attached hydrogens (tertiary/aromatic N) is 4. The molecule has 1 atom stereocenters. The van der Waals surface area contributed by atoms with Gasteiger partial charge in [0.25, 0.3) is 5.89 Å². The fourth-order valence-corrected chi connectivity index (χ4v) is 3.26. The van der Waals surface area contributed by atoms with Gasteiger partial charge < -0.3 is 19.6 Å². The van der Waals surface area contributed by atoms with Gasteiger partial charge in [-0.15, -0.1) is 0 Å². The first kappa shape index (κ1) is 20.8. The lowest BCUT2D eigenvalue weighted by Gasteiger charge is -2.40. The molecule has 0 aliphatic carbocycles. The molecule has 1 unspecified atom stereocenters. The molecular formula is C21H29N5O3. The minimum absolute atomic E-state index is 0.0658. The molecule has 3 amide bonds. The molecule has 0 saturated carbocycles. The van der Waals surface area contributed by atoms with E-state index in [4.69, 9.17) is 4.52 Å². The zero-order valence-electron chi connectivity index (χ0n) is 17.7. The van der Waals surface area contributed by atoms with Gasteiger partial charge in [-0.1, -0.05) is 22.9 Å². The second-order valence-electron chi connectivity index (χ2n) is 8.62. The summed E-state index contributed by atoms with van der Waals surface area (Å²) < 4.78 is 5.30. The van der Waals surface area contributed by atoms with Crippen LogP contribution in [0.3, 0.4) is 0 Å². The Labute approximate surface area is 171 Å². The third-order valence-corrected chi connectivity index (χ3v) is 4.80. The quantitative estimate of drug-likeness (QED) is 0.857. The van der Waals surface area contributed by atoms with Crippen LogP contribution in [0.5, 0.6) is 0 Å². The topological polar surface area (TPSA) is 91.6 Å². The van der Waals surface area contributed by atoms with E-state index in [0.717, 1.165) is 11.1 Å². The van der Waals surface area contributed by atoms with Crippen molar-refractivity contribution in [2.75, 3.05) is 19.6 Å². The lowest BCUT2D eigenvalue weighted by Crippen LogP contribution is -2.59. The second kappa shape index (κ2) is 8.23. The summed E-state index contributed by atoms with van der Waals surface area (Å²) in [6, 6.07) is 7.61. The fraction of sp³-hybridized carbons (Fsp3) is 0.524. The molecule has 1 aromatic heterocycles. The Balaban J connectivity index is 1.57. The van der Waals surface area contributed by atoms with E-state index in [0.29, 0.717) is 31.3 Å². The maximum atomic E-state index is 12.7. The van der Waals surface area contributed by atoms with Crippen LogP contribution in [-0.2, 0) is 11.2 Å². The molecule has 0 bridgehead atoms. The Morgan fingerprint density at radius 3 is 2.52 bits per heavy atom. The summed E-state index contributed by atoms with van der Waals surface area (Å²) in [7, 11) is 0. The first-order valence-electron chi connectivity index (χ1n) is 9.88. The molecule has 0 spiro atoms. The van der Waals surface area contributed by atoms with Gasteiger partial charge >= 0.3 is 6.03 Å². The minimum Gasteiger partial charge on any atom is -0.338 e. The lowest BCUT2D eigenvalue weighted by atomic mass is 10.1. The Hall–Kier alpha value is -2.90. The second-order valence-corrected chi connectivity index (χ2v) is 8.62. The minimum atomic E-state index is -0.294. The highest BCUT2D eigenvalue weighted by atomic mass is 16.5. The number of hydrogen-bond acceptors (Lipinski definition) is 5. The third-order valence-electron chi connectivity index (χ3n) is 4.80. The van der Waals surface area contributed by atoms with Gasteiger partial charge in [-0.05, 0) is 46.8 Å². The van der Waals surface area contributed by atoms with Crippen LogP contribution in [-0.4, -0.2) is 63.1 Å². The summed E-state index contributed by atoms with van der Waals surface area (Å²) >= 11 is 0. The van der Waals surface area contributed by atoms with E-state index < -0.39 is 0 Å². The van der Waals surface area contributed by atoms with Gasteiger partial charge in [0.2, 0.25) is 5.91 Å². The average Bonchev–Trinajstić information content (AvgIpc) is 3.09. The zero-order chi connectivity index (χ0) is 21.2. The molecule has 2 heterocycles. The maximum Gasteiger partial charge on any atom is 0.318 e. The van der Waals surface area contributed by atoms with E-state index in [9.17, 15) is 9.59 Å². The number of urea groups is 1. The molecule has 1 saturated heterocycles. The number of hydrogen-bond donors (Lipinski definition) is 1. The number of aromatic nitrogens is 2. The van der Waals surface area contributed by atoms with Crippen LogP contribution >= 0.6 is 0 Å². The summed E-state index contributed by atoms with van der Waals surface area (Å²) in [5.74, 6) is 0.708. The normalized spacial score (nSPS) is 17.3. The fourth-order valence-electron chi connectivity index (χ4n) is 3.26.